The van der Waals surface area contributed by atoms with Crippen molar-refractivity contribution in [1.29, 1.82) is 0 Å². The zero-order valence-electron chi connectivity index (χ0n) is 24.3. The second-order valence-electron chi connectivity index (χ2n) is 10.1. The molecule has 20 nitrogen and oxygen atoms in total. The second kappa shape index (κ2) is 16.9. The van der Waals surface area contributed by atoms with Gasteiger partial charge in [0, 0.05) is 17.1 Å². The minimum absolute atomic E-state index is 0.0382. The molecule has 2 rings (SSSR count). The van der Waals surface area contributed by atoms with Crippen molar-refractivity contribution in [3.63, 3.8) is 0 Å². The van der Waals surface area contributed by atoms with Gasteiger partial charge in [0.1, 0.15) is 24.2 Å². The Balaban J connectivity index is 2.21. The number of nitrogens with one attached hydrogen (secondary N) is 5. The highest BCUT2D eigenvalue weighted by Gasteiger charge is 2.34. The quantitative estimate of drug-likeness (QED) is 0.0711. The van der Waals surface area contributed by atoms with Gasteiger partial charge in [-0.15, -0.1) is 0 Å². The summed E-state index contributed by atoms with van der Waals surface area (Å²) < 4.78 is 0. The lowest BCUT2D eigenvalue weighted by Gasteiger charge is -2.25. The van der Waals surface area contributed by atoms with Crippen molar-refractivity contribution in [2.75, 3.05) is 0 Å². The number of carboxylic acid groups (broad SMARTS) is 5. The molecular weight excluding hydrogens is 632 g/mol. The summed E-state index contributed by atoms with van der Waals surface area (Å²) in [6.45, 7) is 0. The summed E-state index contributed by atoms with van der Waals surface area (Å²) in [5.41, 5.74) is 7.39. The number of fused-ring (bicyclic) bond motifs is 1. The molecule has 1 heterocycles. The van der Waals surface area contributed by atoms with Crippen molar-refractivity contribution < 1.29 is 68.7 Å². The maximum absolute atomic E-state index is 13.0. The topological polar surface area (TPSA) is 345 Å². The summed E-state index contributed by atoms with van der Waals surface area (Å²) in [5, 5.41) is 54.2. The van der Waals surface area contributed by atoms with Crippen LogP contribution >= 0.6 is 0 Å². The van der Waals surface area contributed by atoms with Crippen LogP contribution < -0.4 is 27.0 Å². The van der Waals surface area contributed by atoms with Crippen molar-refractivity contribution in [2.24, 2.45) is 5.73 Å². The average molecular weight is 665 g/mol. The van der Waals surface area contributed by atoms with Crippen LogP contribution in [0.15, 0.2) is 30.5 Å². The summed E-state index contributed by atoms with van der Waals surface area (Å²) in [6, 6.07) is -2.29. The smallest absolute Gasteiger partial charge is 0.326 e. The fourth-order valence-electron chi connectivity index (χ4n) is 4.25. The first-order valence-corrected chi connectivity index (χ1v) is 13.6. The van der Waals surface area contributed by atoms with E-state index in [1.165, 1.54) is 0 Å². The van der Waals surface area contributed by atoms with E-state index < -0.39 is 109 Å². The Hall–Kier alpha value is -6.05. The number of benzene rings is 1. The lowest BCUT2D eigenvalue weighted by Crippen LogP contribution is -2.59. The Bertz CT molecular complexity index is 1560. The zero-order chi connectivity index (χ0) is 35.4. The average Bonchev–Trinajstić information content (AvgIpc) is 3.37. The number of aliphatic carboxylic acids is 5. The van der Waals surface area contributed by atoms with Gasteiger partial charge in [-0.05, 0) is 18.1 Å². The molecule has 0 bridgehead atoms. The molecule has 20 heteroatoms. The Morgan fingerprint density at radius 2 is 0.979 bits per heavy atom. The van der Waals surface area contributed by atoms with Crippen LogP contribution in [0.2, 0.25) is 0 Å². The minimum Gasteiger partial charge on any atom is -0.481 e. The minimum atomic E-state index is -2.08. The monoisotopic (exact) mass is 664 g/mol. The summed E-state index contributed by atoms with van der Waals surface area (Å²) in [7, 11) is 0. The lowest BCUT2D eigenvalue weighted by atomic mass is 10.0. The van der Waals surface area contributed by atoms with Gasteiger partial charge in [0.05, 0.1) is 31.7 Å². The third kappa shape index (κ3) is 11.8. The van der Waals surface area contributed by atoms with Crippen molar-refractivity contribution in [3.05, 3.63) is 36.0 Å². The number of carbonyl (C=O) groups is 9. The molecule has 0 unspecified atom stereocenters. The molecule has 0 aliphatic rings. The number of carboxylic acids is 5. The number of para-hydroxylation sites is 1. The van der Waals surface area contributed by atoms with Gasteiger partial charge in [0.2, 0.25) is 23.6 Å². The number of hydrogen-bond acceptors (Lipinski definition) is 10. The van der Waals surface area contributed by atoms with E-state index in [1.54, 1.807) is 35.8 Å². The normalized spacial score (nSPS) is 14.0. The maximum atomic E-state index is 13.0. The highest BCUT2D eigenvalue weighted by Crippen LogP contribution is 2.19. The first-order valence-electron chi connectivity index (χ1n) is 13.6. The van der Waals surface area contributed by atoms with Crippen LogP contribution in [0.4, 0.5) is 0 Å². The standard InChI is InChI=1S/C27H32N6O14/c28-13(5-11-10-29-14-4-2-1-3-12(11)14)23(42)30-15(6-19(34)35)24(43)31-16(7-20(36)37)25(44)32-17(8-21(38)39)26(45)33-18(27(46)47)9-22(40)41/h1-4,10,13,15-18,29H,5-9,28H2,(H,30,42)(H,31,43)(H,32,44)(H,33,45)(H,34,35)(H,36,37)(H,38,39)(H,40,41)(H,46,47)/t13-,15-,16-,17-,18-/m0/s1. The Labute approximate surface area is 263 Å². The number of H-pyrrole nitrogens is 1. The van der Waals surface area contributed by atoms with Crippen LogP contribution in [0.25, 0.3) is 10.9 Å². The largest absolute Gasteiger partial charge is 0.481 e. The molecular formula is C27H32N6O14. The van der Waals surface area contributed by atoms with Gasteiger partial charge < -0.3 is 57.5 Å². The third-order valence-corrected chi connectivity index (χ3v) is 6.48. The first kappa shape index (κ1) is 37.1. The molecule has 1 aromatic heterocycles. The number of carbonyl (C=O) groups excluding carboxylic acids is 4. The predicted molar refractivity (Wildman–Crippen MR) is 154 cm³/mol. The number of amides is 4. The van der Waals surface area contributed by atoms with E-state index in [-0.39, 0.29) is 6.42 Å². The second-order valence-corrected chi connectivity index (χ2v) is 10.1. The van der Waals surface area contributed by atoms with Gasteiger partial charge >= 0.3 is 29.8 Å². The van der Waals surface area contributed by atoms with Gasteiger partial charge in [-0.2, -0.15) is 0 Å². The zero-order valence-corrected chi connectivity index (χ0v) is 24.3. The summed E-state index contributed by atoms with van der Waals surface area (Å²) >= 11 is 0. The SMILES string of the molecule is N[C@@H](Cc1c[nH]c2ccccc12)C(=O)N[C@@H](CC(=O)O)C(=O)N[C@@H](CC(=O)O)C(=O)N[C@@H](CC(=O)O)C(=O)N[C@@H](CC(=O)O)C(=O)O. The molecule has 0 aliphatic heterocycles. The van der Waals surface area contributed by atoms with Gasteiger partial charge in [-0.1, -0.05) is 18.2 Å². The third-order valence-electron chi connectivity index (χ3n) is 6.48. The van der Waals surface area contributed by atoms with Crippen molar-refractivity contribution >= 4 is 64.4 Å². The Kier molecular flexibility index (Phi) is 13.3. The first-order chi connectivity index (χ1) is 22.0. The van der Waals surface area contributed by atoms with E-state index in [9.17, 15) is 53.4 Å². The molecule has 2 aromatic rings. The maximum Gasteiger partial charge on any atom is 0.326 e. The molecule has 1 aromatic carbocycles. The number of hydrogen-bond donors (Lipinski definition) is 11. The van der Waals surface area contributed by atoms with Crippen molar-refractivity contribution in [1.82, 2.24) is 26.3 Å². The molecule has 0 aliphatic carbocycles. The molecule has 254 valence electrons. The summed E-state index contributed by atoms with van der Waals surface area (Å²) in [6.07, 6.45) is -2.94. The molecule has 0 spiro atoms. The fourth-order valence-corrected chi connectivity index (χ4v) is 4.25. The molecule has 47 heavy (non-hydrogen) atoms. The fraction of sp³-hybridized carbons (Fsp3) is 0.370. The van der Waals surface area contributed by atoms with Gasteiger partial charge in [0.25, 0.3) is 0 Å². The molecule has 5 atom stereocenters. The van der Waals surface area contributed by atoms with E-state index >= 15 is 0 Å². The molecule has 12 N–H and O–H groups in total. The number of rotatable bonds is 19. The number of aromatic amines is 1. The van der Waals surface area contributed by atoms with Crippen LogP contribution in [0.1, 0.15) is 31.2 Å². The van der Waals surface area contributed by atoms with Crippen LogP contribution in [0, 0.1) is 0 Å². The van der Waals surface area contributed by atoms with E-state index in [2.05, 4.69) is 10.3 Å². The van der Waals surface area contributed by atoms with E-state index in [4.69, 9.17) is 21.1 Å². The van der Waals surface area contributed by atoms with Gasteiger partial charge in [0.15, 0.2) is 0 Å². The Morgan fingerprint density at radius 1 is 0.596 bits per heavy atom. The molecule has 0 saturated carbocycles. The molecule has 0 saturated heterocycles. The number of aromatic nitrogens is 1. The summed E-state index contributed by atoms with van der Waals surface area (Å²) in [4.78, 5) is 111. The predicted octanol–water partition coefficient (Wildman–Crippen LogP) is -3.04. The lowest BCUT2D eigenvalue weighted by molar-refractivity contribution is -0.148. The number of nitrogens with two attached hydrogens (primary N) is 1. The molecule has 0 fully saturated rings. The highest BCUT2D eigenvalue weighted by molar-refractivity contribution is 5.99. The van der Waals surface area contributed by atoms with Crippen LogP contribution in [-0.2, 0) is 49.6 Å². The van der Waals surface area contributed by atoms with Crippen molar-refractivity contribution in [2.45, 2.75) is 62.3 Å². The van der Waals surface area contributed by atoms with E-state index in [0.29, 0.717) is 5.56 Å². The van der Waals surface area contributed by atoms with E-state index in [1.807, 2.05) is 10.6 Å². The Morgan fingerprint density at radius 3 is 1.40 bits per heavy atom. The van der Waals surface area contributed by atoms with Gasteiger partial charge in [-0.3, -0.25) is 38.4 Å². The highest BCUT2D eigenvalue weighted by atomic mass is 16.4. The molecule has 4 amide bonds. The van der Waals surface area contributed by atoms with Crippen LogP contribution in [0.5, 0.6) is 0 Å². The van der Waals surface area contributed by atoms with Crippen LogP contribution in [-0.4, -0.2) is 114 Å². The molecule has 0 radical (unpaired) electrons. The van der Waals surface area contributed by atoms with Crippen molar-refractivity contribution in [3.8, 4) is 0 Å². The van der Waals surface area contributed by atoms with Gasteiger partial charge in [-0.25, -0.2) is 4.79 Å². The summed E-state index contributed by atoms with van der Waals surface area (Å²) in [5.74, 6) is -13.6. The van der Waals surface area contributed by atoms with E-state index in [0.717, 1.165) is 10.9 Å². The van der Waals surface area contributed by atoms with Crippen LogP contribution in [0.3, 0.4) is 0 Å².